The zero-order valence-corrected chi connectivity index (χ0v) is 20.9. The molecule has 9 heteroatoms. The van der Waals surface area contributed by atoms with E-state index in [-0.39, 0.29) is 17.9 Å². The van der Waals surface area contributed by atoms with Crippen molar-refractivity contribution in [2.75, 3.05) is 56.7 Å². The number of anilines is 2. The molecule has 1 fully saturated rings. The number of benzene rings is 2. The number of fused-ring (bicyclic) bond motifs is 2. The minimum absolute atomic E-state index is 0.208. The Labute approximate surface area is 207 Å². The summed E-state index contributed by atoms with van der Waals surface area (Å²) in [5.74, 6) is -1.06. The number of rotatable bonds is 4. The lowest BCUT2D eigenvalue weighted by Crippen LogP contribution is -2.36. The van der Waals surface area contributed by atoms with Crippen molar-refractivity contribution < 1.29 is 22.7 Å². The van der Waals surface area contributed by atoms with Crippen LogP contribution in [0.25, 0.3) is 11.0 Å². The van der Waals surface area contributed by atoms with Crippen LogP contribution in [-0.2, 0) is 16.7 Å². The van der Waals surface area contributed by atoms with Crippen LogP contribution in [0.4, 0.5) is 20.4 Å². The predicted octanol–water partition coefficient (Wildman–Crippen LogP) is 3.91. The first-order chi connectivity index (χ1) is 17.0. The molecule has 1 amide bonds. The molecule has 0 N–H and O–H groups in total. The summed E-state index contributed by atoms with van der Waals surface area (Å²) in [6.07, 6.45) is 0. The van der Waals surface area contributed by atoms with E-state index >= 15 is 0 Å². The van der Waals surface area contributed by atoms with Gasteiger partial charge in [-0.05, 0) is 18.2 Å². The zero-order chi connectivity index (χ0) is 25.8. The molecule has 0 unspecified atom stereocenters. The molecule has 0 aliphatic carbocycles. The molecule has 0 radical (unpaired) electrons. The van der Waals surface area contributed by atoms with Gasteiger partial charge in [-0.2, -0.15) is 0 Å². The van der Waals surface area contributed by atoms with E-state index in [1.807, 2.05) is 23.6 Å². The molecule has 0 spiro atoms. The number of carbonyl (C=O) groups is 1. The second-order valence-electron chi connectivity index (χ2n) is 10.3. The van der Waals surface area contributed by atoms with Crippen molar-refractivity contribution in [2.45, 2.75) is 25.8 Å². The maximum atomic E-state index is 14.8. The molecule has 0 atom stereocenters. The van der Waals surface area contributed by atoms with E-state index in [1.165, 1.54) is 17.0 Å². The summed E-state index contributed by atoms with van der Waals surface area (Å²) in [6.45, 7) is 6.70. The highest BCUT2D eigenvalue weighted by Crippen LogP contribution is 2.43. The van der Waals surface area contributed by atoms with Gasteiger partial charge in [0.05, 0.1) is 18.6 Å². The van der Waals surface area contributed by atoms with Crippen LogP contribution in [0.15, 0.2) is 39.5 Å². The molecule has 2 aromatic carbocycles. The van der Waals surface area contributed by atoms with E-state index in [0.29, 0.717) is 72.1 Å². The smallest absolute Gasteiger partial charge is 0.253 e. The molecule has 0 bridgehead atoms. The molecular formula is C27H29F2N3O4. The number of amides is 1. The van der Waals surface area contributed by atoms with Crippen LogP contribution in [-0.4, -0.2) is 57.8 Å². The van der Waals surface area contributed by atoms with Gasteiger partial charge in [-0.15, -0.1) is 0 Å². The average molecular weight is 498 g/mol. The van der Waals surface area contributed by atoms with Crippen molar-refractivity contribution in [3.05, 3.63) is 68.9 Å². The third-order valence-corrected chi connectivity index (χ3v) is 6.87. The summed E-state index contributed by atoms with van der Waals surface area (Å²) >= 11 is 0. The van der Waals surface area contributed by atoms with Crippen LogP contribution in [0, 0.1) is 11.6 Å². The molecule has 36 heavy (non-hydrogen) atoms. The molecular weight excluding hydrogens is 468 g/mol. The summed E-state index contributed by atoms with van der Waals surface area (Å²) < 4.78 is 40.7. The van der Waals surface area contributed by atoms with Crippen molar-refractivity contribution in [1.82, 2.24) is 4.90 Å². The predicted molar refractivity (Wildman–Crippen MR) is 134 cm³/mol. The summed E-state index contributed by atoms with van der Waals surface area (Å²) in [4.78, 5) is 31.3. The van der Waals surface area contributed by atoms with E-state index in [4.69, 9.17) is 9.15 Å². The van der Waals surface area contributed by atoms with Gasteiger partial charge in [-0.1, -0.05) is 13.8 Å². The van der Waals surface area contributed by atoms with Gasteiger partial charge in [-0.3, -0.25) is 9.59 Å². The van der Waals surface area contributed by atoms with Gasteiger partial charge < -0.3 is 23.9 Å². The van der Waals surface area contributed by atoms with Crippen molar-refractivity contribution in [1.29, 1.82) is 0 Å². The number of morpholine rings is 1. The Bertz CT molecular complexity index is 1410. The minimum Gasteiger partial charge on any atom is -0.440 e. The monoisotopic (exact) mass is 497 g/mol. The van der Waals surface area contributed by atoms with Crippen LogP contribution in [0.3, 0.4) is 0 Å². The second kappa shape index (κ2) is 8.89. The Kier molecular flexibility index (Phi) is 5.98. The van der Waals surface area contributed by atoms with Gasteiger partial charge in [0.2, 0.25) is 0 Å². The number of ether oxygens (including phenoxy) is 1. The Balaban J connectivity index is 1.66. The van der Waals surface area contributed by atoms with Crippen LogP contribution < -0.4 is 15.2 Å². The van der Waals surface area contributed by atoms with Crippen molar-refractivity contribution >= 4 is 28.4 Å². The molecule has 1 aromatic heterocycles. The minimum atomic E-state index is -0.656. The first-order valence-electron chi connectivity index (χ1n) is 11.9. The highest BCUT2D eigenvalue weighted by atomic mass is 19.1. The fourth-order valence-corrected chi connectivity index (χ4v) is 5.22. The molecule has 7 nitrogen and oxygen atoms in total. The van der Waals surface area contributed by atoms with Gasteiger partial charge in [-0.25, -0.2) is 8.78 Å². The van der Waals surface area contributed by atoms with E-state index < -0.39 is 17.0 Å². The van der Waals surface area contributed by atoms with Gasteiger partial charge in [0.15, 0.2) is 11.3 Å². The largest absolute Gasteiger partial charge is 0.440 e. The lowest BCUT2D eigenvalue weighted by molar-refractivity contribution is 0.0827. The SMILES string of the molecule is CN(C)C(=O)c1cc(CN2CC(C)(C)c3c(F)cc(F)cc32)c2oc(N3CCOCC3)cc(=O)c2c1. The number of hydrogen-bond donors (Lipinski definition) is 0. The number of hydrogen-bond acceptors (Lipinski definition) is 6. The maximum absolute atomic E-state index is 14.8. The van der Waals surface area contributed by atoms with Crippen LogP contribution in [0.5, 0.6) is 0 Å². The molecule has 3 heterocycles. The van der Waals surface area contributed by atoms with Crippen LogP contribution in [0.1, 0.15) is 35.3 Å². The van der Waals surface area contributed by atoms with E-state index in [9.17, 15) is 18.4 Å². The summed E-state index contributed by atoms with van der Waals surface area (Å²) in [6, 6.07) is 6.94. The third-order valence-electron chi connectivity index (χ3n) is 6.87. The molecule has 2 aliphatic heterocycles. The Morgan fingerprint density at radius 3 is 2.50 bits per heavy atom. The highest BCUT2D eigenvalue weighted by Gasteiger charge is 2.38. The molecule has 190 valence electrons. The second-order valence-corrected chi connectivity index (χ2v) is 10.3. The quantitative estimate of drug-likeness (QED) is 0.545. The maximum Gasteiger partial charge on any atom is 0.253 e. The first-order valence-corrected chi connectivity index (χ1v) is 11.9. The Hall–Kier alpha value is -3.46. The Morgan fingerprint density at radius 1 is 1.08 bits per heavy atom. The van der Waals surface area contributed by atoms with Crippen molar-refractivity contribution in [2.24, 2.45) is 0 Å². The average Bonchev–Trinajstić information content (AvgIpc) is 3.08. The van der Waals surface area contributed by atoms with E-state index in [0.717, 1.165) is 6.07 Å². The normalized spacial score (nSPS) is 16.9. The third kappa shape index (κ3) is 4.21. The number of nitrogens with zero attached hydrogens (tertiary/aromatic N) is 3. The summed E-state index contributed by atoms with van der Waals surface area (Å²) in [5.41, 5.74) is 1.40. The summed E-state index contributed by atoms with van der Waals surface area (Å²) in [5, 5.41) is 0.291. The lowest BCUT2D eigenvalue weighted by Gasteiger charge is -2.28. The summed E-state index contributed by atoms with van der Waals surface area (Å²) in [7, 11) is 3.28. The van der Waals surface area contributed by atoms with Crippen LogP contribution >= 0.6 is 0 Å². The topological polar surface area (TPSA) is 66.2 Å². The Morgan fingerprint density at radius 2 is 1.81 bits per heavy atom. The molecule has 5 rings (SSSR count). The van der Waals surface area contributed by atoms with Crippen molar-refractivity contribution in [3.63, 3.8) is 0 Å². The van der Waals surface area contributed by atoms with Crippen LogP contribution in [0.2, 0.25) is 0 Å². The molecule has 1 saturated heterocycles. The molecule has 3 aromatic rings. The standard InChI is InChI=1S/C27H29F2N3O4/c1-27(2)15-32(21-12-18(28)11-20(29)24(21)27)14-17-9-16(26(34)30(3)4)10-19-22(33)13-23(36-25(17)19)31-5-7-35-8-6-31/h9-13H,5-8,14-15H2,1-4H3. The van der Waals surface area contributed by atoms with Crippen molar-refractivity contribution in [3.8, 4) is 0 Å². The highest BCUT2D eigenvalue weighted by molar-refractivity contribution is 5.98. The molecule has 0 saturated carbocycles. The van der Waals surface area contributed by atoms with Gasteiger partial charge in [0, 0.05) is 80.2 Å². The van der Waals surface area contributed by atoms with E-state index in [1.54, 1.807) is 26.2 Å². The van der Waals surface area contributed by atoms with Gasteiger partial charge >= 0.3 is 0 Å². The van der Waals surface area contributed by atoms with Gasteiger partial charge in [0.1, 0.15) is 17.2 Å². The fraction of sp³-hybridized carbons (Fsp3) is 0.407. The number of carbonyl (C=O) groups excluding carboxylic acids is 1. The van der Waals surface area contributed by atoms with E-state index in [2.05, 4.69) is 0 Å². The lowest BCUT2D eigenvalue weighted by atomic mass is 9.86. The fourth-order valence-electron chi connectivity index (χ4n) is 5.22. The van der Waals surface area contributed by atoms with Gasteiger partial charge in [0.25, 0.3) is 5.91 Å². The first kappa shape index (κ1) is 24.2. The number of halogens is 2. The zero-order valence-electron chi connectivity index (χ0n) is 20.9. The molecule has 2 aliphatic rings.